The molecule has 0 aromatic rings. The Morgan fingerprint density at radius 3 is 2.72 bits per heavy atom. The van der Waals surface area contributed by atoms with Crippen molar-refractivity contribution in [2.24, 2.45) is 17.8 Å². The van der Waals surface area contributed by atoms with E-state index < -0.39 is 29.2 Å². The molecule has 5 nitrogen and oxygen atoms in total. The number of carbonyl (C=O) groups excluding carboxylic acids is 1. The van der Waals surface area contributed by atoms with Crippen LogP contribution in [0.4, 0.5) is 0 Å². The molecule has 2 bridgehead atoms. The number of aliphatic hydroxyl groups is 2. The molecule has 2 aliphatic carbocycles. The molecule has 2 heterocycles. The zero-order valence-corrected chi connectivity index (χ0v) is 10.1. The van der Waals surface area contributed by atoms with Crippen molar-refractivity contribution < 1.29 is 24.5 Å². The quantitative estimate of drug-likeness (QED) is 0.592. The van der Waals surface area contributed by atoms with Gasteiger partial charge in [0, 0.05) is 5.92 Å². The third-order valence-corrected chi connectivity index (χ3v) is 5.43. The molecule has 18 heavy (non-hydrogen) atoms. The van der Waals surface area contributed by atoms with Crippen molar-refractivity contribution in [2.75, 3.05) is 0 Å². The highest BCUT2D eigenvalue weighted by atomic mass is 16.6. The molecule has 2 N–H and O–H groups in total. The fourth-order valence-electron chi connectivity index (χ4n) is 4.74. The lowest BCUT2D eigenvalue weighted by atomic mass is 9.62. The summed E-state index contributed by atoms with van der Waals surface area (Å²) in [6, 6.07) is 0. The van der Waals surface area contributed by atoms with Gasteiger partial charge in [0.15, 0.2) is 5.60 Å². The van der Waals surface area contributed by atoms with Gasteiger partial charge in [-0.2, -0.15) is 0 Å². The van der Waals surface area contributed by atoms with Crippen LogP contribution < -0.4 is 0 Å². The normalized spacial score (nSPS) is 60.5. The molecule has 3 unspecified atom stereocenters. The standard InChI is InChI=1S/C13H16O5/c1-5-7-6(2)17-8(5)9-10-12(7,15)3-4-13(10,16)11(14)18-9/h5,7-10,15-16H,2-4H2,1H3/t5-,7?,8?,9+,10?,12+,13+/m0/s1. The summed E-state index contributed by atoms with van der Waals surface area (Å²) in [6.45, 7) is 5.85. The molecule has 2 saturated heterocycles. The van der Waals surface area contributed by atoms with Gasteiger partial charge >= 0.3 is 5.97 Å². The van der Waals surface area contributed by atoms with Crippen LogP contribution in [0.25, 0.3) is 0 Å². The van der Waals surface area contributed by atoms with E-state index in [0.29, 0.717) is 12.2 Å². The zero-order chi connectivity index (χ0) is 12.9. The van der Waals surface area contributed by atoms with E-state index >= 15 is 0 Å². The van der Waals surface area contributed by atoms with Crippen molar-refractivity contribution in [1.29, 1.82) is 0 Å². The Morgan fingerprint density at radius 1 is 1.28 bits per heavy atom. The van der Waals surface area contributed by atoms with E-state index in [0.717, 1.165) is 0 Å². The van der Waals surface area contributed by atoms with Gasteiger partial charge in [0.1, 0.15) is 12.2 Å². The van der Waals surface area contributed by atoms with E-state index in [4.69, 9.17) is 9.47 Å². The molecule has 98 valence electrons. The van der Waals surface area contributed by atoms with E-state index in [1.54, 1.807) is 0 Å². The average molecular weight is 252 g/mol. The highest BCUT2D eigenvalue weighted by Gasteiger charge is 2.77. The Labute approximate surface area is 104 Å². The first-order valence-electron chi connectivity index (χ1n) is 6.41. The van der Waals surface area contributed by atoms with Crippen LogP contribution in [0, 0.1) is 17.8 Å². The van der Waals surface area contributed by atoms with Crippen LogP contribution >= 0.6 is 0 Å². The van der Waals surface area contributed by atoms with Crippen LogP contribution in [-0.2, 0) is 14.3 Å². The van der Waals surface area contributed by atoms with E-state index in [1.165, 1.54) is 0 Å². The van der Waals surface area contributed by atoms with Crippen molar-refractivity contribution in [3.63, 3.8) is 0 Å². The second-order valence-corrected chi connectivity index (χ2v) is 6.15. The van der Waals surface area contributed by atoms with E-state index in [-0.39, 0.29) is 24.4 Å². The molecular weight excluding hydrogens is 236 g/mol. The molecule has 0 spiro atoms. The summed E-state index contributed by atoms with van der Waals surface area (Å²) in [7, 11) is 0. The van der Waals surface area contributed by atoms with E-state index in [2.05, 4.69) is 6.58 Å². The fourth-order valence-corrected chi connectivity index (χ4v) is 4.74. The predicted molar refractivity (Wildman–Crippen MR) is 59.2 cm³/mol. The zero-order valence-electron chi connectivity index (χ0n) is 10.1. The minimum atomic E-state index is -1.54. The fraction of sp³-hybridized carbons (Fsp3) is 0.769. The van der Waals surface area contributed by atoms with Gasteiger partial charge < -0.3 is 19.7 Å². The molecule has 0 aromatic carbocycles. The van der Waals surface area contributed by atoms with Crippen molar-refractivity contribution in [3.05, 3.63) is 12.3 Å². The first-order chi connectivity index (χ1) is 8.39. The number of rotatable bonds is 0. The van der Waals surface area contributed by atoms with Gasteiger partial charge in [-0.25, -0.2) is 4.79 Å². The lowest BCUT2D eigenvalue weighted by Crippen LogP contribution is -2.58. The molecule has 0 aromatic heterocycles. The molecule has 0 radical (unpaired) electrons. The Bertz CT molecular complexity index is 474. The van der Waals surface area contributed by atoms with Crippen LogP contribution in [0.5, 0.6) is 0 Å². The molecule has 5 heteroatoms. The van der Waals surface area contributed by atoms with E-state index in [1.807, 2.05) is 6.92 Å². The van der Waals surface area contributed by atoms with E-state index in [9.17, 15) is 15.0 Å². The molecule has 4 rings (SSSR count). The number of esters is 1. The molecule has 2 aliphatic heterocycles. The smallest absolute Gasteiger partial charge is 0.339 e. The third-order valence-electron chi connectivity index (χ3n) is 5.43. The number of hydrogen-bond acceptors (Lipinski definition) is 5. The summed E-state index contributed by atoms with van der Waals surface area (Å²) in [5.74, 6) is -0.792. The summed E-state index contributed by atoms with van der Waals surface area (Å²) >= 11 is 0. The number of ether oxygens (including phenoxy) is 2. The van der Waals surface area contributed by atoms with Crippen LogP contribution in [0.2, 0.25) is 0 Å². The highest BCUT2D eigenvalue weighted by Crippen LogP contribution is 2.64. The van der Waals surface area contributed by atoms with Gasteiger partial charge in [-0.05, 0) is 12.8 Å². The van der Waals surface area contributed by atoms with Crippen molar-refractivity contribution >= 4 is 5.97 Å². The molecule has 0 amide bonds. The number of carbonyl (C=O) groups is 1. The second kappa shape index (κ2) is 2.75. The van der Waals surface area contributed by atoms with Crippen LogP contribution in [0.15, 0.2) is 12.3 Å². The maximum Gasteiger partial charge on any atom is 0.339 e. The van der Waals surface area contributed by atoms with Crippen LogP contribution in [0.1, 0.15) is 19.8 Å². The van der Waals surface area contributed by atoms with Crippen LogP contribution in [-0.4, -0.2) is 39.6 Å². The monoisotopic (exact) mass is 252 g/mol. The van der Waals surface area contributed by atoms with Gasteiger partial charge in [-0.1, -0.05) is 13.5 Å². The molecule has 4 fully saturated rings. The summed E-state index contributed by atoms with van der Waals surface area (Å²) in [4.78, 5) is 11.9. The lowest BCUT2D eigenvalue weighted by molar-refractivity contribution is -0.159. The topological polar surface area (TPSA) is 76.0 Å². The average Bonchev–Trinajstić information content (AvgIpc) is 2.80. The van der Waals surface area contributed by atoms with Crippen molar-refractivity contribution in [1.82, 2.24) is 0 Å². The van der Waals surface area contributed by atoms with Crippen LogP contribution in [0.3, 0.4) is 0 Å². The minimum Gasteiger partial charge on any atom is -0.491 e. The van der Waals surface area contributed by atoms with Gasteiger partial charge in [-0.3, -0.25) is 0 Å². The number of hydrogen-bond donors (Lipinski definition) is 2. The Morgan fingerprint density at radius 2 is 2.00 bits per heavy atom. The molecule has 2 saturated carbocycles. The van der Waals surface area contributed by atoms with Gasteiger partial charge in [0.2, 0.25) is 0 Å². The Balaban J connectivity index is 1.92. The Hall–Kier alpha value is -1.07. The highest BCUT2D eigenvalue weighted by molar-refractivity contribution is 5.83. The number of fused-ring (bicyclic) bond motifs is 4. The largest absolute Gasteiger partial charge is 0.491 e. The van der Waals surface area contributed by atoms with Gasteiger partial charge in [0.25, 0.3) is 0 Å². The third kappa shape index (κ3) is 0.863. The first-order valence-corrected chi connectivity index (χ1v) is 6.41. The Kier molecular flexibility index (Phi) is 1.65. The summed E-state index contributed by atoms with van der Waals surface area (Å²) in [5, 5.41) is 21.5. The maximum absolute atomic E-state index is 11.9. The minimum absolute atomic E-state index is 0.0528. The predicted octanol–water partition coefficient (Wildman–Crippen LogP) is -0.0376. The second-order valence-electron chi connectivity index (χ2n) is 6.15. The molecule has 7 atom stereocenters. The molecule has 4 aliphatic rings. The summed E-state index contributed by atoms with van der Waals surface area (Å²) in [5.41, 5.74) is -2.67. The maximum atomic E-state index is 11.9. The van der Waals surface area contributed by atoms with Crippen molar-refractivity contribution in [2.45, 2.75) is 43.2 Å². The first kappa shape index (κ1) is 10.8. The lowest BCUT2D eigenvalue weighted by Gasteiger charge is -2.43. The van der Waals surface area contributed by atoms with Crippen molar-refractivity contribution in [3.8, 4) is 0 Å². The van der Waals surface area contributed by atoms with Gasteiger partial charge in [-0.15, -0.1) is 0 Å². The van der Waals surface area contributed by atoms with Gasteiger partial charge in [0.05, 0.1) is 23.2 Å². The summed E-state index contributed by atoms with van der Waals surface area (Å²) in [6.07, 6.45) is -0.194. The SMILES string of the molecule is C=C1OC2[C@@H](C)C1[C@]1(O)CC[C@]3(O)C(=O)O[C@H]2C13. The molecular formula is C13H16O5. The summed E-state index contributed by atoms with van der Waals surface area (Å²) < 4.78 is 11.0.